The van der Waals surface area contributed by atoms with Gasteiger partial charge >= 0.3 is 0 Å². The van der Waals surface area contributed by atoms with Gasteiger partial charge in [-0.25, -0.2) is 4.98 Å². The molecule has 0 amide bonds. The van der Waals surface area contributed by atoms with Crippen LogP contribution in [0.5, 0.6) is 0 Å². The highest BCUT2D eigenvalue weighted by Gasteiger charge is 2.19. The van der Waals surface area contributed by atoms with Gasteiger partial charge in [0, 0.05) is 28.7 Å². The first-order valence-corrected chi connectivity index (χ1v) is 8.89. The molecule has 1 aromatic carbocycles. The van der Waals surface area contributed by atoms with Crippen molar-refractivity contribution < 1.29 is 0 Å². The van der Waals surface area contributed by atoms with Crippen molar-refractivity contribution in [1.29, 1.82) is 0 Å². The standard InChI is InChI=1S/C18H18N6S/c1-10(2)21-16-9-20-8-15(22-16)13-6-5-11-3-4-12(7-14(11)13)17-23-18(19)25-24-17/h3-4,6-10H,5H2,1-2H3,(H,21,22)(H2,19,23,24). The molecule has 0 aliphatic heterocycles. The number of hydrogen-bond donors (Lipinski definition) is 2. The summed E-state index contributed by atoms with van der Waals surface area (Å²) in [5.41, 5.74) is 11.1. The summed E-state index contributed by atoms with van der Waals surface area (Å²) in [7, 11) is 0. The van der Waals surface area contributed by atoms with Crippen LogP contribution in [0.2, 0.25) is 0 Å². The highest BCUT2D eigenvalue weighted by molar-refractivity contribution is 7.09. The van der Waals surface area contributed by atoms with E-state index in [-0.39, 0.29) is 0 Å². The Balaban J connectivity index is 1.71. The van der Waals surface area contributed by atoms with Gasteiger partial charge in [-0.3, -0.25) is 4.98 Å². The molecule has 126 valence electrons. The van der Waals surface area contributed by atoms with E-state index in [9.17, 15) is 0 Å². The van der Waals surface area contributed by atoms with E-state index in [4.69, 9.17) is 10.7 Å². The summed E-state index contributed by atoms with van der Waals surface area (Å²) in [6, 6.07) is 6.58. The molecule has 3 N–H and O–H groups in total. The topological polar surface area (TPSA) is 89.6 Å². The third kappa shape index (κ3) is 3.10. The number of aromatic nitrogens is 4. The fraction of sp³-hybridized carbons (Fsp3) is 0.222. The van der Waals surface area contributed by atoms with Crippen molar-refractivity contribution in [3.05, 3.63) is 53.5 Å². The lowest BCUT2D eigenvalue weighted by Crippen LogP contribution is -2.11. The molecular formula is C18H18N6S. The first-order chi connectivity index (χ1) is 12.1. The van der Waals surface area contributed by atoms with Gasteiger partial charge in [-0.2, -0.15) is 9.36 Å². The molecule has 0 saturated heterocycles. The van der Waals surface area contributed by atoms with Crippen molar-refractivity contribution in [2.24, 2.45) is 0 Å². The number of benzene rings is 1. The van der Waals surface area contributed by atoms with Gasteiger partial charge < -0.3 is 11.1 Å². The van der Waals surface area contributed by atoms with Crippen LogP contribution in [-0.2, 0) is 6.42 Å². The molecule has 1 aliphatic rings. The summed E-state index contributed by atoms with van der Waals surface area (Å²) < 4.78 is 4.30. The number of anilines is 2. The molecule has 6 nitrogen and oxygen atoms in total. The maximum atomic E-state index is 5.71. The Labute approximate surface area is 150 Å². The maximum Gasteiger partial charge on any atom is 0.200 e. The Morgan fingerprint density at radius 1 is 1.20 bits per heavy atom. The average Bonchev–Trinajstić information content (AvgIpc) is 3.20. The summed E-state index contributed by atoms with van der Waals surface area (Å²) in [5.74, 6) is 1.45. The van der Waals surface area contributed by atoms with Crippen molar-refractivity contribution in [2.75, 3.05) is 11.1 Å². The van der Waals surface area contributed by atoms with Gasteiger partial charge in [0.15, 0.2) is 11.0 Å². The molecule has 0 spiro atoms. The molecule has 0 radical (unpaired) electrons. The Bertz CT molecular complexity index is 960. The number of nitrogens with two attached hydrogens (primary N) is 1. The number of nitrogens with zero attached hydrogens (tertiary/aromatic N) is 4. The lowest BCUT2D eigenvalue weighted by atomic mass is 10.0. The number of nitrogen functional groups attached to an aromatic ring is 1. The molecular weight excluding hydrogens is 332 g/mol. The zero-order valence-corrected chi connectivity index (χ0v) is 14.8. The monoisotopic (exact) mass is 350 g/mol. The lowest BCUT2D eigenvalue weighted by Gasteiger charge is -2.11. The van der Waals surface area contributed by atoms with Crippen LogP contribution in [0.3, 0.4) is 0 Å². The minimum atomic E-state index is 0.308. The minimum Gasteiger partial charge on any atom is -0.374 e. The van der Waals surface area contributed by atoms with Gasteiger partial charge in [-0.1, -0.05) is 18.2 Å². The van der Waals surface area contributed by atoms with Crippen LogP contribution in [0.15, 0.2) is 36.7 Å². The Hall–Kier alpha value is -2.80. The fourth-order valence-electron chi connectivity index (χ4n) is 2.92. The van der Waals surface area contributed by atoms with Gasteiger partial charge in [0.1, 0.15) is 5.82 Å². The molecule has 0 atom stereocenters. The van der Waals surface area contributed by atoms with Crippen molar-refractivity contribution in [3.63, 3.8) is 0 Å². The van der Waals surface area contributed by atoms with E-state index in [0.717, 1.165) is 34.6 Å². The van der Waals surface area contributed by atoms with Gasteiger partial charge in [0.25, 0.3) is 0 Å². The molecule has 3 aromatic rings. The van der Waals surface area contributed by atoms with Gasteiger partial charge in [-0.05, 0) is 37.5 Å². The molecule has 7 heteroatoms. The molecule has 0 saturated carbocycles. The van der Waals surface area contributed by atoms with Crippen molar-refractivity contribution in [3.8, 4) is 11.4 Å². The Morgan fingerprint density at radius 2 is 2.08 bits per heavy atom. The number of rotatable bonds is 4. The second-order valence-corrected chi connectivity index (χ2v) is 7.02. The minimum absolute atomic E-state index is 0.308. The normalized spacial score (nSPS) is 13.0. The number of allylic oxidation sites excluding steroid dienone is 1. The van der Waals surface area contributed by atoms with E-state index in [2.05, 4.69) is 51.7 Å². The summed E-state index contributed by atoms with van der Waals surface area (Å²) in [4.78, 5) is 13.3. The zero-order chi connectivity index (χ0) is 17.4. The quantitative estimate of drug-likeness (QED) is 0.750. The number of nitrogens with one attached hydrogen (secondary N) is 1. The van der Waals surface area contributed by atoms with E-state index < -0.39 is 0 Å². The molecule has 1 aliphatic carbocycles. The predicted molar refractivity (Wildman–Crippen MR) is 101 cm³/mol. The van der Waals surface area contributed by atoms with E-state index >= 15 is 0 Å². The predicted octanol–water partition coefficient (Wildman–Crippen LogP) is 3.39. The van der Waals surface area contributed by atoms with Crippen LogP contribution < -0.4 is 11.1 Å². The van der Waals surface area contributed by atoms with Gasteiger partial charge in [0.05, 0.1) is 18.1 Å². The number of hydrogen-bond acceptors (Lipinski definition) is 7. The first kappa shape index (κ1) is 15.7. The van der Waals surface area contributed by atoms with Crippen LogP contribution in [0.25, 0.3) is 17.0 Å². The molecule has 2 aromatic heterocycles. The van der Waals surface area contributed by atoms with E-state index in [1.807, 2.05) is 6.07 Å². The Morgan fingerprint density at radius 3 is 2.84 bits per heavy atom. The molecule has 0 unspecified atom stereocenters. The summed E-state index contributed by atoms with van der Waals surface area (Å²) in [6.45, 7) is 4.16. The second kappa shape index (κ2) is 6.25. The van der Waals surface area contributed by atoms with Crippen LogP contribution in [-0.4, -0.2) is 25.4 Å². The molecule has 4 rings (SSSR count). The van der Waals surface area contributed by atoms with Crippen molar-refractivity contribution in [2.45, 2.75) is 26.3 Å². The van der Waals surface area contributed by atoms with Gasteiger partial charge in [0.2, 0.25) is 0 Å². The molecule has 0 fully saturated rings. The Kier molecular flexibility index (Phi) is 3.93. The highest BCUT2D eigenvalue weighted by Crippen LogP contribution is 2.34. The first-order valence-electron chi connectivity index (χ1n) is 8.12. The largest absolute Gasteiger partial charge is 0.374 e. The summed E-state index contributed by atoms with van der Waals surface area (Å²) in [6.07, 6.45) is 6.64. The third-order valence-electron chi connectivity index (χ3n) is 3.97. The third-order valence-corrected chi connectivity index (χ3v) is 4.52. The van der Waals surface area contributed by atoms with Crippen molar-refractivity contribution in [1.82, 2.24) is 19.3 Å². The molecule has 25 heavy (non-hydrogen) atoms. The van der Waals surface area contributed by atoms with E-state index in [1.165, 1.54) is 17.1 Å². The molecule has 2 heterocycles. The van der Waals surface area contributed by atoms with Crippen LogP contribution >= 0.6 is 11.5 Å². The van der Waals surface area contributed by atoms with Crippen LogP contribution in [0.4, 0.5) is 10.9 Å². The van der Waals surface area contributed by atoms with E-state index in [0.29, 0.717) is 17.0 Å². The maximum absolute atomic E-state index is 5.71. The summed E-state index contributed by atoms with van der Waals surface area (Å²) >= 11 is 1.21. The second-order valence-electron chi connectivity index (χ2n) is 6.24. The number of fused-ring (bicyclic) bond motifs is 1. The summed E-state index contributed by atoms with van der Waals surface area (Å²) in [5, 5.41) is 3.78. The van der Waals surface area contributed by atoms with Crippen LogP contribution in [0, 0.1) is 0 Å². The zero-order valence-electron chi connectivity index (χ0n) is 14.0. The van der Waals surface area contributed by atoms with Gasteiger partial charge in [-0.15, -0.1) is 0 Å². The highest BCUT2D eigenvalue weighted by atomic mass is 32.1. The van der Waals surface area contributed by atoms with Crippen molar-refractivity contribution >= 4 is 28.1 Å². The smallest absolute Gasteiger partial charge is 0.200 e. The van der Waals surface area contributed by atoms with Crippen LogP contribution in [0.1, 0.15) is 30.7 Å². The SMILES string of the molecule is CC(C)Nc1cncc(C2=CCc3ccc(-c4nsc(N)n4)cc32)n1. The van der Waals surface area contributed by atoms with E-state index in [1.54, 1.807) is 12.4 Å². The molecule has 0 bridgehead atoms. The fourth-order valence-corrected chi connectivity index (χ4v) is 3.38. The average molecular weight is 350 g/mol. The lowest BCUT2D eigenvalue weighted by molar-refractivity contribution is 0.884.